The molecule has 1 aliphatic rings. The van der Waals surface area contributed by atoms with Gasteiger partial charge in [-0.05, 0) is 40.0 Å². The number of H-pyrrole nitrogens is 1. The third-order valence-electron chi connectivity index (χ3n) is 6.10. The molecule has 1 atom stereocenters. The summed E-state index contributed by atoms with van der Waals surface area (Å²) in [5.41, 5.74) is 4.98. The van der Waals surface area contributed by atoms with Crippen molar-refractivity contribution in [1.29, 1.82) is 0 Å². The van der Waals surface area contributed by atoms with Gasteiger partial charge in [0.05, 0.1) is 5.92 Å². The lowest BCUT2D eigenvalue weighted by atomic mass is 9.98. The molecule has 0 saturated carbocycles. The van der Waals surface area contributed by atoms with E-state index in [-0.39, 0.29) is 47.5 Å². The standard InChI is InChI=1S/C21H32N6O6S/c1-5-7-11-27-18(22)16(19(28)23-21(27)30)26(6-2)20(29)15-9-8-10-25(12-15)34(31,32)17-13(3)24-33-14(17)4/h15H,5-12,22H2,1-4H3,(H,23,28,30). The van der Waals surface area contributed by atoms with Crippen LogP contribution in [0.1, 0.15) is 51.0 Å². The van der Waals surface area contributed by atoms with Crippen LogP contribution in [0.5, 0.6) is 0 Å². The highest BCUT2D eigenvalue weighted by Gasteiger charge is 2.38. The highest BCUT2D eigenvalue weighted by Crippen LogP contribution is 2.29. The van der Waals surface area contributed by atoms with Crippen LogP contribution in [0.3, 0.4) is 0 Å². The minimum Gasteiger partial charge on any atom is -0.383 e. The molecule has 2 aromatic heterocycles. The fourth-order valence-electron chi connectivity index (χ4n) is 4.36. The Bertz CT molecular complexity index is 1260. The van der Waals surface area contributed by atoms with Gasteiger partial charge in [0.25, 0.3) is 5.56 Å². The van der Waals surface area contributed by atoms with Gasteiger partial charge in [0, 0.05) is 26.2 Å². The van der Waals surface area contributed by atoms with Gasteiger partial charge in [0.2, 0.25) is 15.9 Å². The number of sulfonamides is 1. The topological polar surface area (TPSA) is 165 Å². The first-order valence-electron chi connectivity index (χ1n) is 11.4. The van der Waals surface area contributed by atoms with E-state index in [9.17, 15) is 22.8 Å². The van der Waals surface area contributed by atoms with Gasteiger partial charge in [0.15, 0.2) is 11.4 Å². The van der Waals surface area contributed by atoms with Crippen molar-refractivity contribution in [2.75, 3.05) is 30.3 Å². The van der Waals surface area contributed by atoms with Crippen molar-refractivity contribution in [2.24, 2.45) is 5.92 Å². The number of unbranched alkanes of at least 4 members (excludes halogenated alkanes) is 1. The second-order valence-electron chi connectivity index (χ2n) is 8.44. The molecule has 1 amide bonds. The number of aromatic amines is 1. The van der Waals surface area contributed by atoms with Crippen LogP contribution in [0.25, 0.3) is 0 Å². The van der Waals surface area contributed by atoms with Crippen molar-refractivity contribution in [3.63, 3.8) is 0 Å². The maximum atomic E-state index is 13.5. The number of hydrogen-bond donors (Lipinski definition) is 2. The molecule has 3 heterocycles. The molecule has 0 spiro atoms. The van der Waals surface area contributed by atoms with Crippen molar-refractivity contribution in [1.82, 2.24) is 19.0 Å². The van der Waals surface area contributed by atoms with Crippen LogP contribution in [0.2, 0.25) is 0 Å². The third kappa shape index (κ3) is 4.67. The van der Waals surface area contributed by atoms with E-state index in [1.807, 2.05) is 6.92 Å². The molecule has 0 aliphatic carbocycles. The van der Waals surface area contributed by atoms with Crippen molar-refractivity contribution in [3.8, 4) is 0 Å². The lowest BCUT2D eigenvalue weighted by Crippen LogP contribution is -2.49. The Labute approximate surface area is 197 Å². The predicted molar refractivity (Wildman–Crippen MR) is 126 cm³/mol. The Morgan fingerprint density at radius 1 is 1.29 bits per heavy atom. The zero-order valence-corrected chi connectivity index (χ0v) is 20.8. The molecule has 13 heteroatoms. The van der Waals surface area contributed by atoms with E-state index in [1.54, 1.807) is 13.8 Å². The van der Waals surface area contributed by atoms with Gasteiger partial charge in [-0.2, -0.15) is 4.31 Å². The van der Waals surface area contributed by atoms with Crippen LogP contribution in [-0.2, 0) is 21.4 Å². The molecule has 3 rings (SSSR count). The van der Waals surface area contributed by atoms with Crippen molar-refractivity contribution < 1.29 is 17.7 Å². The minimum absolute atomic E-state index is 0.0108. The van der Waals surface area contributed by atoms with Gasteiger partial charge >= 0.3 is 5.69 Å². The summed E-state index contributed by atoms with van der Waals surface area (Å²) >= 11 is 0. The van der Waals surface area contributed by atoms with Crippen molar-refractivity contribution >= 4 is 27.4 Å². The van der Waals surface area contributed by atoms with Gasteiger partial charge in [-0.25, -0.2) is 13.2 Å². The third-order valence-corrected chi connectivity index (χ3v) is 8.21. The molecular formula is C21H32N6O6S. The number of anilines is 2. The number of nitrogens with two attached hydrogens (primary N) is 1. The summed E-state index contributed by atoms with van der Waals surface area (Å²) in [6.45, 7) is 7.38. The first-order chi connectivity index (χ1) is 16.0. The fourth-order valence-corrected chi connectivity index (χ4v) is 6.17. The fraction of sp³-hybridized carbons (Fsp3) is 0.619. The Kier molecular flexibility index (Phi) is 7.66. The van der Waals surface area contributed by atoms with Gasteiger partial charge in [-0.3, -0.25) is 19.1 Å². The average molecular weight is 497 g/mol. The molecule has 34 heavy (non-hydrogen) atoms. The average Bonchev–Trinajstić information content (AvgIpc) is 3.14. The molecule has 1 fully saturated rings. The number of rotatable bonds is 8. The SMILES string of the molecule is CCCCn1c(N)c(N(CC)C(=O)C2CCCN(S(=O)(=O)c3c(C)noc3C)C2)c(=O)[nH]c1=O. The van der Waals surface area contributed by atoms with Gasteiger partial charge in [-0.15, -0.1) is 0 Å². The Morgan fingerprint density at radius 3 is 2.59 bits per heavy atom. The van der Waals surface area contributed by atoms with E-state index in [0.29, 0.717) is 25.8 Å². The molecule has 1 saturated heterocycles. The zero-order valence-electron chi connectivity index (χ0n) is 20.0. The number of aryl methyl sites for hydroxylation is 2. The second-order valence-corrected chi connectivity index (χ2v) is 10.3. The maximum Gasteiger partial charge on any atom is 0.330 e. The van der Waals surface area contributed by atoms with Crippen molar-refractivity contribution in [3.05, 3.63) is 32.3 Å². The monoisotopic (exact) mass is 496 g/mol. The Balaban J connectivity index is 1.93. The first kappa shape index (κ1) is 25.7. The Hall–Kier alpha value is -2.93. The summed E-state index contributed by atoms with van der Waals surface area (Å²) in [5, 5.41) is 3.73. The second kappa shape index (κ2) is 10.1. The number of hydrogen-bond acceptors (Lipinski definition) is 8. The van der Waals surface area contributed by atoms with Gasteiger partial charge < -0.3 is 15.2 Å². The maximum absolute atomic E-state index is 13.5. The van der Waals surface area contributed by atoms with E-state index in [0.717, 1.165) is 6.42 Å². The summed E-state index contributed by atoms with van der Waals surface area (Å²) in [6.07, 6.45) is 2.41. The first-order valence-corrected chi connectivity index (χ1v) is 12.9. The number of nitrogens with one attached hydrogen (secondary N) is 1. The molecule has 0 aromatic carbocycles. The van der Waals surface area contributed by atoms with Crippen LogP contribution in [0.15, 0.2) is 19.0 Å². The molecule has 2 aromatic rings. The summed E-state index contributed by atoms with van der Waals surface area (Å²) in [6, 6.07) is 0. The molecule has 1 unspecified atom stereocenters. The summed E-state index contributed by atoms with van der Waals surface area (Å²) < 4.78 is 34.0. The van der Waals surface area contributed by atoms with Crippen LogP contribution >= 0.6 is 0 Å². The van der Waals surface area contributed by atoms with Gasteiger partial charge in [-0.1, -0.05) is 18.5 Å². The number of nitrogen functional groups attached to an aromatic ring is 1. The number of carbonyl (C=O) groups is 1. The van der Waals surface area contributed by atoms with E-state index < -0.39 is 33.1 Å². The van der Waals surface area contributed by atoms with Crippen LogP contribution < -0.4 is 21.9 Å². The molecule has 0 radical (unpaired) electrons. The van der Waals surface area contributed by atoms with E-state index in [1.165, 1.54) is 20.7 Å². The number of aromatic nitrogens is 3. The Morgan fingerprint density at radius 2 is 2.00 bits per heavy atom. The van der Waals surface area contributed by atoms with Gasteiger partial charge in [0.1, 0.15) is 16.4 Å². The predicted octanol–water partition coefficient (Wildman–Crippen LogP) is 0.978. The number of nitrogens with zero attached hydrogens (tertiary/aromatic N) is 4. The number of piperidine rings is 1. The van der Waals surface area contributed by atoms with Crippen molar-refractivity contribution in [2.45, 2.75) is 64.8 Å². The minimum atomic E-state index is -3.91. The van der Waals surface area contributed by atoms with E-state index >= 15 is 0 Å². The highest BCUT2D eigenvalue weighted by molar-refractivity contribution is 7.89. The number of amides is 1. The largest absolute Gasteiger partial charge is 0.383 e. The molecule has 12 nitrogen and oxygen atoms in total. The quantitative estimate of drug-likeness (QED) is 0.546. The number of carbonyl (C=O) groups excluding carboxylic acids is 1. The summed E-state index contributed by atoms with van der Waals surface area (Å²) in [7, 11) is -3.91. The molecule has 3 N–H and O–H groups in total. The molecular weight excluding hydrogens is 464 g/mol. The zero-order chi connectivity index (χ0) is 25.2. The normalized spacial score (nSPS) is 17.1. The van der Waals surface area contributed by atoms with Crippen LogP contribution in [-0.4, -0.2) is 53.0 Å². The van der Waals surface area contributed by atoms with Crippen LogP contribution in [0, 0.1) is 19.8 Å². The molecule has 0 bridgehead atoms. The summed E-state index contributed by atoms with van der Waals surface area (Å²) in [4.78, 5) is 41.9. The summed E-state index contributed by atoms with van der Waals surface area (Å²) in [5.74, 6) is -0.985. The van der Waals surface area contributed by atoms with E-state index in [2.05, 4.69) is 10.1 Å². The molecule has 1 aliphatic heterocycles. The molecule has 188 valence electrons. The van der Waals surface area contributed by atoms with E-state index in [4.69, 9.17) is 10.3 Å². The highest BCUT2D eigenvalue weighted by atomic mass is 32.2. The lowest BCUT2D eigenvalue weighted by molar-refractivity contribution is -0.123. The van der Waals surface area contributed by atoms with Crippen LogP contribution in [0.4, 0.5) is 11.5 Å². The smallest absolute Gasteiger partial charge is 0.330 e. The lowest BCUT2D eigenvalue weighted by Gasteiger charge is -2.34.